The number of hydrogen-bond acceptors (Lipinski definition) is 3. The number of H-pyrrole nitrogens is 1. The van der Waals surface area contributed by atoms with Crippen LogP contribution in [0.15, 0.2) is 14.1 Å². The predicted molar refractivity (Wildman–Crippen MR) is 34.0 cm³/mol. The van der Waals surface area contributed by atoms with E-state index in [1.807, 2.05) is 5.16 Å². The maximum Gasteiger partial charge on any atom is 0.442 e. The lowest BCUT2D eigenvalue weighted by atomic mass is 10.4. The summed E-state index contributed by atoms with van der Waals surface area (Å²) in [5.74, 6) is -0.639. The van der Waals surface area contributed by atoms with Crippen molar-refractivity contribution in [1.29, 1.82) is 0 Å². The van der Waals surface area contributed by atoms with Crippen LogP contribution in [0.5, 0.6) is 0 Å². The fraction of sp³-hybridized carbons (Fsp3) is 0.600. The molecule has 56 valence electrons. The number of nitrogens with zero attached hydrogens (tertiary/aromatic N) is 1. The molecule has 1 aromatic heterocycles. The Morgan fingerprint density at radius 1 is 1.50 bits per heavy atom. The van der Waals surface area contributed by atoms with Gasteiger partial charge >= 0.3 is 11.4 Å². The first-order chi connectivity index (χ1) is 4.63. The minimum Gasteiger partial charge on any atom is -0.320 e. The van der Waals surface area contributed by atoms with Gasteiger partial charge in [0, 0.05) is 6.04 Å². The van der Waals surface area contributed by atoms with Crippen LogP contribution in [0, 0.1) is 0 Å². The zero-order valence-electron chi connectivity index (χ0n) is 5.75. The molecule has 1 aromatic rings. The Hall–Kier alpha value is -1.26. The van der Waals surface area contributed by atoms with E-state index in [4.69, 9.17) is 0 Å². The van der Waals surface area contributed by atoms with Crippen LogP contribution in [0.2, 0.25) is 0 Å². The zero-order chi connectivity index (χ0) is 7.72. The number of hydrogen-bond donors (Lipinski definition) is 1. The molecule has 5 heteroatoms. The van der Waals surface area contributed by atoms with Crippen LogP contribution < -0.4 is 11.4 Å². The van der Waals surface area contributed by atoms with Crippen LogP contribution in [-0.2, 0) is 0 Å². The lowest BCUT2D eigenvalue weighted by Gasteiger charge is -1.97. The van der Waals surface area contributed by atoms with Gasteiger partial charge in [0.2, 0.25) is 0 Å². The van der Waals surface area contributed by atoms with Crippen molar-refractivity contribution < 1.29 is 4.52 Å². The predicted octanol–water partition coefficient (Wildman–Crippen LogP) is -0.290. The van der Waals surface area contributed by atoms with E-state index in [0.29, 0.717) is 0 Å². The van der Waals surface area contributed by atoms with Crippen molar-refractivity contribution in [3.05, 3.63) is 21.0 Å². The summed E-state index contributed by atoms with van der Waals surface area (Å²) in [7, 11) is 0. The third-order valence-electron chi connectivity index (χ3n) is 1.16. The Labute approximate surface area is 56.2 Å². The van der Waals surface area contributed by atoms with E-state index in [-0.39, 0.29) is 6.04 Å². The number of rotatable bonds is 1. The third kappa shape index (κ3) is 0.896. The molecule has 0 aliphatic heterocycles. The molecule has 0 aromatic carbocycles. The molecule has 0 saturated carbocycles. The summed E-state index contributed by atoms with van der Waals surface area (Å²) in [6.45, 7) is 3.46. The summed E-state index contributed by atoms with van der Waals surface area (Å²) < 4.78 is 5.23. The Kier molecular flexibility index (Phi) is 1.48. The largest absolute Gasteiger partial charge is 0.442 e. The molecular formula is C5H8N2O3. The van der Waals surface area contributed by atoms with Gasteiger partial charge in [-0.25, -0.2) is 14.2 Å². The summed E-state index contributed by atoms with van der Waals surface area (Å²) in [5, 5.41) is 1.94. The smallest absolute Gasteiger partial charge is 0.320 e. The molecule has 10 heavy (non-hydrogen) atoms. The number of nitrogens with one attached hydrogen (secondary N) is 1. The molecule has 0 saturated heterocycles. The van der Waals surface area contributed by atoms with Crippen molar-refractivity contribution in [2.45, 2.75) is 19.9 Å². The fourth-order valence-corrected chi connectivity index (χ4v) is 0.714. The average molecular weight is 144 g/mol. The summed E-state index contributed by atoms with van der Waals surface area (Å²) in [5.41, 5.74) is -0.500. The molecule has 0 unspecified atom stereocenters. The Morgan fingerprint density at radius 2 is 2.10 bits per heavy atom. The highest BCUT2D eigenvalue weighted by molar-refractivity contribution is 4.65. The Bertz CT molecular complexity index is 289. The summed E-state index contributed by atoms with van der Waals surface area (Å²) >= 11 is 0. The molecule has 0 atom stereocenters. The second-order valence-corrected chi connectivity index (χ2v) is 2.24. The monoisotopic (exact) mass is 144 g/mol. The molecule has 0 amide bonds. The van der Waals surface area contributed by atoms with Gasteiger partial charge in [0.1, 0.15) is 0 Å². The molecule has 0 fully saturated rings. The zero-order valence-corrected chi connectivity index (χ0v) is 5.75. The standard InChI is InChI=1S/C5H8N2O3/c1-3(2)7-4(8)6-10-5(7)9/h3H,1-2H3,(H,6,8). The summed E-state index contributed by atoms with van der Waals surface area (Å²) in [4.78, 5) is 21.3. The minimum atomic E-state index is -0.639. The number of aromatic amines is 1. The van der Waals surface area contributed by atoms with Crippen molar-refractivity contribution in [1.82, 2.24) is 9.72 Å². The van der Waals surface area contributed by atoms with E-state index < -0.39 is 11.4 Å². The minimum absolute atomic E-state index is 0.157. The Morgan fingerprint density at radius 3 is 2.30 bits per heavy atom. The van der Waals surface area contributed by atoms with Gasteiger partial charge in [-0.2, -0.15) is 5.16 Å². The van der Waals surface area contributed by atoms with Gasteiger partial charge in [0.25, 0.3) is 0 Å². The second kappa shape index (κ2) is 2.17. The first-order valence-electron chi connectivity index (χ1n) is 2.93. The average Bonchev–Trinajstić information content (AvgIpc) is 2.11. The molecule has 5 nitrogen and oxygen atoms in total. The van der Waals surface area contributed by atoms with E-state index in [1.54, 1.807) is 13.8 Å². The first kappa shape index (κ1) is 6.85. The molecule has 0 radical (unpaired) electrons. The van der Waals surface area contributed by atoms with Crippen LogP contribution in [0.3, 0.4) is 0 Å². The molecule has 1 rings (SSSR count). The third-order valence-corrected chi connectivity index (χ3v) is 1.16. The van der Waals surface area contributed by atoms with Gasteiger partial charge in [-0.15, -0.1) is 0 Å². The molecular weight excluding hydrogens is 136 g/mol. The van der Waals surface area contributed by atoms with Crippen molar-refractivity contribution >= 4 is 0 Å². The fourth-order valence-electron chi connectivity index (χ4n) is 0.714. The van der Waals surface area contributed by atoms with Gasteiger partial charge < -0.3 is 4.52 Å². The van der Waals surface area contributed by atoms with Crippen LogP contribution in [-0.4, -0.2) is 9.72 Å². The maximum absolute atomic E-state index is 10.7. The van der Waals surface area contributed by atoms with E-state index in [9.17, 15) is 9.59 Å². The highest BCUT2D eigenvalue weighted by atomic mass is 16.5. The maximum atomic E-state index is 10.7. The molecule has 0 aliphatic rings. The van der Waals surface area contributed by atoms with Gasteiger partial charge in [-0.1, -0.05) is 0 Å². The quantitative estimate of drug-likeness (QED) is 0.588. The normalized spacial score (nSPS) is 10.7. The first-order valence-corrected chi connectivity index (χ1v) is 2.93. The lowest BCUT2D eigenvalue weighted by Crippen LogP contribution is -2.27. The SMILES string of the molecule is CC(C)n1c(=O)[nH]oc1=O. The highest BCUT2D eigenvalue weighted by Gasteiger charge is 2.06. The molecule has 1 heterocycles. The van der Waals surface area contributed by atoms with Crippen LogP contribution in [0.25, 0.3) is 0 Å². The van der Waals surface area contributed by atoms with E-state index in [1.165, 1.54) is 0 Å². The summed E-state index contributed by atoms with van der Waals surface area (Å²) in [6, 6.07) is -0.157. The van der Waals surface area contributed by atoms with Crippen molar-refractivity contribution in [3.8, 4) is 0 Å². The molecule has 1 N–H and O–H groups in total. The van der Waals surface area contributed by atoms with Crippen molar-refractivity contribution in [3.63, 3.8) is 0 Å². The van der Waals surface area contributed by atoms with Crippen LogP contribution in [0.4, 0.5) is 0 Å². The molecule has 0 aliphatic carbocycles. The molecule has 0 bridgehead atoms. The second-order valence-electron chi connectivity index (χ2n) is 2.24. The Balaban J connectivity index is 3.38. The van der Waals surface area contributed by atoms with E-state index in [2.05, 4.69) is 4.52 Å². The van der Waals surface area contributed by atoms with Crippen molar-refractivity contribution in [2.75, 3.05) is 0 Å². The van der Waals surface area contributed by atoms with E-state index >= 15 is 0 Å². The summed E-state index contributed by atoms with van der Waals surface area (Å²) in [6.07, 6.45) is 0. The van der Waals surface area contributed by atoms with Gasteiger partial charge in [-0.3, -0.25) is 0 Å². The lowest BCUT2D eigenvalue weighted by molar-refractivity contribution is 0.369. The van der Waals surface area contributed by atoms with Crippen molar-refractivity contribution in [2.24, 2.45) is 0 Å². The van der Waals surface area contributed by atoms with Gasteiger partial charge in [0.15, 0.2) is 0 Å². The van der Waals surface area contributed by atoms with E-state index in [0.717, 1.165) is 4.57 Å². The topological polar surface area (TPSA) is 68.0 Å². The van der Waals surface area contributed by atoms with Gasteiger partial charge in [-0.05, 0) is 13.8 Å². The number of aromatic nitrogens is 2. The van der Waals surface area contributed by atoms with Crippen LogP contribution >= 0.6 is 0 Å². The molecule has 0 spiro atoms. The van der Waals surface area contributed by atoms with Gasteiger partial charge in [0.05, 0.1) is 0 Å². The van der Waals surface area contributed by atoms with Crippen LogP contribution in [0.1, 0.15) is 19.9 Å². The highest BCUT2D eigenvalue weighted by Crippen LogP contribution is 1.91.